The molecule has 4 aromatic rings. The van der Waals surface area contributed by atoms with E-state index in [0.717, 1.165) is 37.8 Å². The number of piperidine rings is 1. The van der Waals surface area contributed by atoms with Crippen molar-refractivity contribution in [2.75, 3.05) is 20.1 Å². The minimum absolute atomic E-state index is 0.0975. The van der Waals surface area contributed by atoms with Crippen LogP contribution in [0.4, 0.5) is 0 Å². The fourth-order valence-corrected chi connectivity index (χ4v) is 7.54. The number of benzene rings is 3. The van der Waals surface area contributed by atoms with Gasteiger partial charge in [0.1, 0.15) is 10.3 Å². The maximum absolute atomic E-state index is 13.2. The quantitative estimate of drug-likeness (QED) is 0.360. The van der Waals surface area contributed by atoms with Gasteiger partial charge >= 0.3 is 0 Å². The minimum atomic E-state index is -3.91. The predicted octanol–water partition coefficient (Wildman–Crippen LogP) is 4.64. The molecule has 0 bridgehead atoms. The summed E-state index contributed by atoms with van der Waals surface area (Å²) in [6.45, 7) is 0.722. The summed E-state index contributed by atoms with van der Waals surface area (Å²) in [5.41, 5.74) is 1.02. The molecule has 7 nitrogen and oxygen atoms in total. The zero-order chi connectivity index (χ0) is 26.2. The fourth-order valence-electron chi connectivity index (χ4n) is 4.62. The van der Waals surface area contributed by atoms with E-state index in [0.29, 0.717) is 31.0 Å². The van der Waals surface area contributed by atoms with Crippen molar-refractivity contribution in [3.8, 4) is 0 Å². The highest BCUT2D eigenvalue weighted by molar-refractivity contribution is 7.91. The Hall–Kier alpha value is -2.98. The van der Waals surface area contributed by atoms with E-state index in [4.69, 9.17) is 11.6 Å². The van der Waals surface area contributed by atoms with Crippen molar-refractivity contribution in [2.45, 2.75) is 29.6 Å². The number of hydrogen-bond donors (Lipinski definition) is 1. The Morgan fingerprint density at radius 2 is 1.89 bits per heavy atom. The lowest BCUT2D eigenvalue weighted by atomic mass is 10.0. The molecule has 192 valence electrons. The van der Waals surface area contributed by atoms with E-state index in [1.54, 1.807) is 36.2 Å². The molecule has 0 saturated carbocycles. The van der Waals surface area contributed by atoms with Crippen LogP contribution in [0.1, 0.15) is 18.4 Å². The first kappa shape index (κ1) is 25.7. The number of halogens is 1. The van der Waals surface area contributed by atoms with E-state index < -0.39 is 16.1 Å². The van der Waals surface area contributed by atoms with Gasteiger partial charge in [0.2, 0.25) is 11.8 Å². The first-order valence-corrected chi connectivity index (χ1v) is 14.6. The summed E-state index contributed by atoms with van der Waals surface area (Å²) in [7, 11) is -2.20. The number of amides is 2. The lowest BCUT2D eigenvalue weighted by molar-refractivity contribution is -0.142. The maximum Gasteiger partial charge on any atom is 0.250 e. The van der Waals surface area contributed by atoms with Gasteiger partial charge < -0.3 is 9.80 Å². The van der Waals surface area contributed by atoms with Gasteiger partial charge in [0, 0.05) is 29.9 Å². The second-order valence-corrected chi connectivity index (χ2v) is 12.7. The third-order valence-corrected chi connectivity index (χ3v) is 9.87. The van der Waals surface area contributed by atoms with Crippen LogP contribution in [-0.4, -0.2) is 56.2 Å². The standard InChI is InChI=1S/C27H26ClN3O4S2/c1-30(16-20-8-4-7-18-6-2-3-9-22(18)20)25(32)17-31-13-5-10-23(27(31)33)29-37(34,35)26-14-19-11-12-21(28)15-24(19)36-26/h2-4,6-9,11-12,14-15,23,29H,5,10,13,16-17H2,1H3. The van der Waals surface area contributed by atoms with Gasteiger partial charge in [0.15, 0.2) is 0 Å². The molecule has 2 heterocycles. The summed E-state index contributed by atoms with van der Waals surface area (Å²) in [5.74, 6) is -0.586. The Labute approximate surface area is 224 Å². The van der Waals surface area contributed by atoms with Crippen LogP contribution < -0.4 is 4.72 Å². The average molecular weight is 556 g/mol. The van der Waals surface area contributed by atoms with E-state index >= 15 is 0 Å². The summed E-state index contributed by atoms with van der Waals surface area (Å²) >= 11 is 7.13. The van der Waals surface area contributed by atoms with E-state index in [-0.39, 0.29) is 22.6 Å². The SMILES string of the molecule is CN(Cc1cccc2ccccc12)C(=O)CN1CCCC(NS(=O)(=O)c2cc3ccc(Cl)cc3s2)C1=O. The predicted molar refractivity (Wildman–Crippen MR) is 147 cm³/mol. The molecule has 1 aromatic heterocycles. The second kappa shape index (κ2) is 10.4. The number of carbonyl (C=O) groups is 2. The number of likely N-dealkylation sites (tertiary alicyclic amines) is 1. The first-order valence-electron chi connectivity index (χ1n) is 11.9. The third-order valence-electron chi connectivity index (χ3n) is 6.59. The summed E-state index contributed by atoms with van der Waals surface area (Å²) < 4.78 is 29.6. The van der Waals surface area contributed by atoms with Gasteiger partial charge in [0.25, 0.3) is 10.0 Å². The number of likely N-dealkylation sites (N-methyl/N-ethyl adjacent to an activating group) is 1. The topological polar surface area (TPSA) is 86.8 Å². The van der Waals surface area contributed by atoms with Crippen LogP contribution in [0, 0.1) is 0 Å². The summed E-state index contributed by atoms with van der Waals surface area (Å²) in [6.07, 6.45) is 0.979. The molecule has 10 heteroatoms. The van der Waals surface area contributed by atoms with Gasteiger partial charge in [-0.3, -0.25) is 9.59 Å². The van der Waals surface area contributed by atoms with Gasteiger partial charge in [-0.05, 0) is 52.8 Å². The molecule has 0 spiro atoms. The number of thiophene rings is 1. The Balaban J connectivity index is 1.25. The van der Waals surface area contributed by atoms with Gasteiger partial charge in [-0.1, -0.05) is 60.1 Å². The van der Waals surface area contributed by atoms with Crippen LogP contribution in [0.15, 0.2) is 70.9 Å². The molecule has 1 aliphatic heterocycles. The number of hydrogen-bond acceptors (Lipinski definition) is 5. The molecular weight excluding hydrogens is 530 g/mol. The Bertz CT molecular complexity index is 1600. The molecule has 0 aliphatic carbocycles. The number of rotatable bonds is 7. The summed E-state index contributed by atoms with van der Waals surface area (Å²) in [4.78, 5) is 29.2. The van der Waals surface area contributed by atoms with Crippen molar-refractivity contribution < 1.29 is 18.0 Å². The van der Waals surface area contributed by atoms with Crippen molar-refractivity contribution >= 4 is 65.6 Å². The van der Waals surface area contributed by atoms with Crippen molar-refractivity contribution in [1.29, 1.82) is 0 Å². The fraction of sp³-hybridized carbons (Fsp3) is 0.259. The number of nitrogens with one attached hydrogen (secondary N) is 1. The lowest BCUT2D eigenvalue weighted by Crippen LogP contribution is -2.54. The van der Waals surface area contributed by atoms with Crippen LogP contribution >= 0.6 is 22.9 Å². The van der Waals surface area contributed by atoms with Crippen molar-refractivity contribution in [3.63, 3.8) is 0 Å². The smallest absolute Gasteiger partial charge is 0.250 e. The highest BCUT2D eigenvalue weighted by Gasteiger charge is 2.34. The van der Waals surface area contributed by atoms with Crippen molar-refractivity contribution in [3.05, 3.63) is 77.3 Å². The van der Waals surface area contributed by atoms with Gasteiger partial charge in [-0.25, -0.2) is 8.42 Å². The van der Waals surface area contributed by atoms with Gasteiger partial charge in [-0.2, -0.15) is 4.72 Å². The van der Waals surface area contributed by atoms with Crippen LogP contribution in [0.3, 0.4) is 0 Å². The van der Waals surface area contributed by atoms with Crippen LogP contribution in [-0.2, 0) is 26.2 Å². The molecule has 1 aliphatic rings. The maximum atomic E-state index is 13.2. The van der Waals surface area contributed by atoms with E-state index in [2.05, 4.69) is 4.72 Å². The van der Waals surface area contributed by atoms with Crippen LogP contribution in [0.2, 0.25) is 5.02 Å². The highest BCUT2D eigenvalue weighted by Crippen LogP contribution is 2.31. The Kier molecular flexibility index (Phi) is 7.22. The summed E-state index contributed by atoms with van der Waals surface area (Å²) in [5, 5.41) is 3.48. The highest BCUT2D eigenvalue weighted by atomic mass is 35.5. The number of carbonyl (C=O) groups excluding carboxylic acids is 2. The molecular formula is C27H26ClN3O4S2. The molecule has 1 fully saturated rings. The van der Waals surface area contributed by atoms with Gasteiger partial charge in [0.05, 0.1) is 6.54 Å². The van der Waals surface area contributed by atoms with Gasteiger partial charge in [-0.15, -0.1) is 11.3 Å². The van der Waals surface area contributed by atoms with Crippen molar-refractivity contribution in [1.82, 2.24) is 14.5 Å². The third kappa shape index (κ3) is 5.50. The van der Waals surface area contributed by atoms with E-state index in [9.17, 15) is 18.0 Å². The largest absolute Gasteiger partial charge is 0.340 e. The minimum Gasteiger partial charge on any atom is -0.340 e. The molecule has 5 rings (SSSR count). The van der Waals surface area contributed by atoms with Crippen molar-refractivity contribution in [2.24, 2.45) is 0 Å². The molecule has 1 unspecified atom stereocenters. The van der Waals surface area contributed by atoms with Crippen LogP contribution in [0.25, 0.3) is 20.9 Å². The molecule has 2 amide bonds. The molecule has 37 heavy (non-hydrogen) atoms. The first-order chi connectivity index (χ1) is 17.7. The molecule has 0 radical (unpaired) electrons. The Morgan fingerprint density at radius 1 is 1.11 bits per heavy atom. The zero-order valence-corrected chi connectivity index (χ0v) is 22.6. The molecule has 1 N–H and O–H groups in total. The lowest BCUT2D eigenvalue weighted by Gasteiger charge is -2.33. The monoisotopic (exact) mass is 555 g/mol. The normalized spacial score (nSPS) is 16.4. The van der Waals surface area contributed by atoms with E-state index in [1.807, 2.05) is 42.5 Å². The molecule has 3 aromatic carbocycles. The van der Waals surface area contributed by atoms with E-state index in [1.165, 1.54) is 4.90 Å². The second-order valence-electron chi connectivity index (χ2n) is 9.21. The number of sulfonamides is 1. The number of nitrogens with zero attached hydrogens (tertiary/aromatic N) is 2. The number of fused-ring (bicyclic) bond motifs is 2. The zero-order valence-electron chi connectivity index (χ0n) is 20.2. The average Bonchev–Trinajstić information content (AvgIpc) is 3.31. The molecule has 1 atom stereocenters. The Morgan fingerprint density at radius 3 is 2.73 bits per heavy atom. The molecule has 1 saturated heterocycles. The van der Waals surface area contributed by atoms with Crippen LogP contribution in [0.5, 0.6) is 0 Å². The summed E-state index contributed by atoms with van der Waals surface area (Å²) in [6, 6.07) is 19.8.